The number of hydrogen-bond donors (Lipinski definition) is 0. The van der Waals surface area contributed by atoms with Gasteiger partial charge in [-0.1, -0.05) is 49.0 Å². The lowest BCUT2D eigenvalue weighted by Gasteiger charge is -2.37. The van der Waals surface area contributed by atoms with Crippen LogP contribution in [0.3, 0.4) is 0 Å². The average Bonchev–Trinajstić information content (AvgIpc) is 2.26. The predicted octanol–water partition coefficient (Wildman–Crippen LogP) is 3.92. The highest BCUT2D eigenvalue weighted by Crippen LogP contribution is 2.28. The molecule has 0 spiro atoms. The minimum atomic E-state index is 0.823. The molecule has 1 saturated carbocycles. The Kier molecular flexibility index (Phi) is 6.21. The zero-order valence-corrected chi connectivity index (χ0v) is 12.1. The van der Waals surface area contributed by atoms with E-state index in [1.54, 1.807) is 0 Å². The molecule has 1 aliphatic carbocycles. The summed E-state index contributed by atoms with van der Waals surface area (Å²) in [6.07, 6.45) is 7.01. The molecule has 1 nitrogen and oxygen atoms in total. The standard InChI is InChI=1S/C13H26BrN/c1-4-12(9-14)10-15(3)13-8-6-5-7-11(13)2/h11-13H,4-10H2,1-3H3. The van der Waals surface area contributed by atoms with E-state index in [1.165, 1.54) is 38.6 Å². The average molecular weight is 276 g/mol. The van der Waals surface area contributed by atoms with Gasteiger partial charge >= 0.3 is 0 Å². The van der Waals surface area contributed by atoms with Crippen molar-refractivity contribution in [2.45, 2.75) is 52.0 Å². The molecule has 1 rings (SSSR count). The van der Waals surface area contributed by atoms with E-state index in [4.69, 9.17) is 0 Å². The molecule has 0 aromatic carbocycles. The van der Waals surface area contributed by atoms with Crippen molar-refractivity contribution < 1.29 is 0 Å². The fraction of sp³-hybridized carbons (Fsp3) is 1.00. The first-order valence-electron chi connectivity index (χ1n) is 6.45. The quantitative estimate of drug-likeness (QED) is 0.688. The summed E-state index contributed by atoms with van der Waals surface area (Å²) in [5, 5.41) is 1.15. The maximum Gasteiger partial charge on any atom is 0.0118 e. The van der Waals surface area contributed by atoms with Crippen molar-refractivity contribution in [3.05, 3.63) is 0 Å². The van der Waals surface area contributed by atoms with Gasteiger partial charge in [0.15, 0.2) is 0 Å². The molecular formula is C13H26BrN. The number of alkyl halides is 1. The summed E-state index contributed by atoms with van der Waals surface area (Å²) in [5.41, 5.74) is 0. The molecule has 0 aliphatic heterocycles. The van der Waals surface area contributed by atoms with E-state index in [0.717, 1.165) is 23.2 Å². The van der Waals surface area contributed by atoms with E-state index in [9.17, 15) is 0 Å². The van der Waals surface area contributed by atoms with Gasteiger partial charge in [-0.25, -0.2) is 0 Å². The van der Waals surface area contributed by atoms with Crippen LogP contribution >= 0.6 is 15.9 Å². The van der Waals surface area contributed by atoms with Crippen LogP contribution in [-0.2, 0) is 0 Å². The van der Waals surface area contributed by atoms with Crippen LogP contribution in [0.2, 0.25) is 0 Å². The minimum absolute atomic E-state index is 0.823. The molecule has 15 heavy (non-hydrogen) atoms. The smallest absolute Gasteiger partial charge is 0.0118 e. The molecule has 0 bridgehead atoms. The molecule has 3 unspecified atom stereocenters. The van der Waals surface area contributed by atoms with Crippen LogP contribution in [0.4, 0.5) is 0 Å². The Morgan fingerprint density at radius 1 is 1.33 bits per heavy atom. The first-order valence-corrected chi connectivity index (χ1v) is 7.57. The third-order valence-electron chi connectivity index (χ3n) is 3.97. The minimum Gasteiger partial charge on any atom is -0.303 e. The van der Waals surface area contributed by atoms with E-state index >= 15 is 0 Å². The van der Waals surface area contributed by atoms with Crippen molar-refractivity contribution in [2.75, 3.05) is 18.9 Å². The fourth-order valence-corrected chi connectivity index (χ4v) is 3.44. The van der Waals surface area contributed by atoms with Crippen LogP contribution < -0.4 is 0 Å². The van der Waals surface area contributed by atoms with Crippen LogP contribution in [0.15, 0.2) is 0 Å². The summed E-state index contributed by atoms with van der Waals surface area (Å²) in [5.74, 6) is 1.72. The number of halogens is 1. The summed E-state index contributed by atoms with van der Waals surface area (Å²) in [7, 11) is 2.32. The summed E-state index contributed by atoms with van der Waals surface area (Å²) in [4.78, 5) is 2.61. The molecule has 2 heteroatoms. The van der Waals surface area contributed by atoms with Crippen molar-refractivity contribution in [2.24, 2.45) is 11.8 Å². The summed E-state index contributed by atoms with van der Waals surface area (Å²) in [6.45, 7) is 5.98. The van der Waals surface area contributed by atoms with Crippen LogP contribution in [-0.4, -0.2) is 29.9 Å². The van der Waals surface area contributed by atoms with Gasteiger partial charge in [0.25, 0.3) is 0 Å². The highest BCUT2D eigenvalue weighted by atomic mass is 79.9. The SMILES string of the molecule is CCC(CBr)CN(C)C1CCCCC1C. The van der Waals surface area contributed by atoms with Gasteiger partial charge in [0.1, 0.15) is 0 Å². The monoisotopic (exact) mass is 275 g/mol. The van der Waals surface area contributed by atoms with Crippen molar-refractivity contribution >= 4 is 15.9 Å². The van der Waals surface area contributed by atoms with Gasteiger partial charge in [-0.15, -0.1) is 0 Å². The van der Waals surface area contributed by atoms with Gasteiger partial charge in [0.05, 0.1) is 0 Å². The first-order chi connectivity index (χ1) is 7.19. The maximum absolute atomic E-state index is 3.62. The Bertz CT molecular complexity index is 168. The third kappa shape index (κ3) is 4.07. The van der Waals surface area contributed by atoms with E-state index in [-0.39, 0.29) is 0 Å². The lowest BCUT2D eigenvalue weighted by molar-refractivity contribution is 0.124. The zero-order valence-electron chi connectivity index (χ0n) is 10.5. The molecule has 1 aliphatic rings. The normalized spacial score (nSPS) is 29.4. The lowest BCUT2D eigenvalue weighted by Crippen LogP contribution is -2.41. The van der Waals surface area contributed by atoms with Gasteiger partial charge in [-0.05, 0) is 31.7 Å². The second-order valence-corrected chi connectivity index (χ2v) is 5.84. The molecule has 3 atom stereocenters. The van der Waals surface area contributed by atoms with Crippen LogP contribution in [0.1, 0.15) is 46.0 Å². The Morgan fingerprint density at radius 3 is 2.53 bits per heavy atom. The molecule has 1 fully saturated rings. The first kappa shape index (κ1) is 13.5. The number of rotatable bonds is 5. The molecule has 0 amide bonds. The van der Waals surface area contributed by atoms with Gasteiger partial charge in [0.2, 0.25) is 0 Å². The van der Waals surface area contributed by atoms with Gasteiger partial charge in [-0.3, -0.25) is 0 Å². The molecule has 0 N–H and O–H groups in total. The Morgan fingerprint density at radius 2 is 2.00 bits per heavy atom. The highest BCUT2D eigenvalue weighted by Gasteiger charge is 2.25. The Labute approximate surface area is 104 Å². The summed E-state index contributed by atoms with van der Waals surface area (Å²) < 4.78 is 0. The van der Waals surface area contributed by atoms with E-state index in [1.807, 2.05) is 0 Å². The zero-order chi connectivity index (χ0) is 11.3. The summed E-state index contributed by atoms with van der Waals surface area (Å²) in [6, 6.07) is 0.840. The fourth-order valence-electron chi connectivity index (χ4n) is 2.78. The molecule has 0 aromatic heterocycles. The predicted molar refractivity (Wildman–Crippen MR) is 71.6 cm³/mol. The molecule has 0 saturated heterocycles. The van der Waals surface area contributed by atoms with Crippen molar-refractivity contribution in [1.82, 2.24) is 4.90 Å². The van der Waals surface area contributed by atoms with Crippen LogP contribution in [0.5, 0.6) is 0 Å². The molecule has 90 valence electrons. The van der Waals surface area contributed by atoms with Gasteiger partial charge in [-0.2, -0.15) is 0 Å². The maximum atomic E-state index is 3.62. The van der Waals surface area contributed by atoms with Crippen molar-refractivity contribution in [3.8, 4) is 0 Å². The van der Waals surface area contributed by atoms with E-state index in [0.29, 0.717) is 0 Å². The lowest BCUT2D eigenvalue weighted by atomic mass is 9.85. The number of hydrogen-bond acceptors (Lipinski definition) is 1. The van der Waals surface area contributed by atoms with Crippen LogP contribution in [0, 0.1) is 11.8 Å². The Hall–Kier alpha value is 0.440. The van der Waals surface area contributed by atoms with Crippen molar-refractivity contribution in [3.63, 3.8) is 0 Å². The third-order valence-corrected chi connectivity index (χ3v) is 4.89. The number of nitrogens with zero attached hydrogens (tertiary/aromatic N) is 1. The largest absolute Gasteiger partial charge is 0.303 e. The van der Waals surface area contributed by atoms with E-state index in [2.05, 4.69) is 41.7 Å². The Balaban J connectivity index is 2.40. The topological polar surface area (TPSA) is 3.24 Å². The van der Waals surface area contributed by atoms with Crippen molar-refractivity contribution in [1.29, 1.82) is 0 Å². The van der Waals surface area contributed by atoms with E-state index < -0.39 is 0 Å². The highest BCUT2D eigenvalue weighted by molar-refractivity contribution is 9.09. The van der Waals surface area contributed by atoms with Gasteiger partial charge < -0.3 is 4.90 Å². The van der Waals surface area contributed by atoms with Crippen LogP contribution in [0.25, 0.3) is 0 Å². The summed E-state index contributed by atoms with van der Waals surface area (Å²) >= 11 is 3.62. The van der Waals surface area contributed by atoms with Gasteiger partial charge in [0, 0.05) is 17.9 Å². The molecule has 0 aromatic rings. The second kappa shape index (κ2) is 6.90. The molecule has 0 radical (unpaired) electrons. The molecule has 0 heterocycles. The second-order valence-electron chi connectivity index (χ2n) is 5.20. The molecular weight excluding hydrogens is 250 g/mol.